The molecule has 0 spiro atoms. The largest absolute Gasteiger partial charge is 0.337 e. The zero-order valence-corrected chi connectivity index (χ0v) is 12.0. The van der Waals surface area contributed by atoms with Crippen LogP contribution >= 0.6 is 0 Å². The third kappa shape index (κ3) is 2.82. The Balaban J connectivity index is 2.26. The molecule has 1 fully saturated rings. The van der Waals surface area contributed by atoms with Gasteiger partial charge in [0.15, 0.2) is 0 Å². The van der Waals surface area contributed by atoms with Gasteiger partial charge in [-0.05, 0) is 20.8 Å². The lowest BCUT2D eigenvalue weighted by Crippen LogP contribution is -2.56. The Morgan fingerprint density at radius 2 is 2.05 bits per heavy atom. The normalized spacial score (nSPS) is 22.9. The van der Waals surface area contributed by atoms with E-state index in [1.807, 2.05) is 20.8 Å². The third-order valence-electron chi connectivity index (χ3n) is 3.50. The standard InChI is InChI=1S/C13H20N4O3/c1-4-15-8-11(17(19)20)5-12(15)13(18)16-6-9(2)14-10(3)7-16/h5,8-10,14H,4,6-7H2,1-3H3. The summed E-state index contributed by atoms with van der Waals surface area (Å²) in [7, 11) is 0. The molecule has 1 aromatic rings. The number of carbonyl (C=O) groups excluding carboxylic acids is 1. The molecular formula is C13H20N4O3. The monoisotopic (exact) mass is 280 g/mol. The second-order valence-electron chi connectivity index (χ2n) is 5.31. The average Bonchev–Trinajstić information content (AvgIpc) is 2.80. The van der Waals surface area contributed by atoms with Crippen LogP contribution in [0.2, 0.25) is 0 Å². The molecule has 2 rings (SSSR count). The third-order valence-corrected chi connectivity index (χ3v) is 3.50. The predicted octanol–water partition coefficient (Wildman–Crippen LogP) is 1.24. The van der Waals surface area contributed by atoms with Gasteiger partial charge in [0, 0.05) is 37.8 Å². The van der Waals surface area contributed by atoms with Crippen molar-refractivity contribution in [2.24, 2.45) is 0 Å². The van der Waals surface area contributed by atoms with Crippen LogP contribution in [0.25, 0.3) is 0 Å². The smallest absolute Gasteiger partial charge is 0.287 e. The molecular weight excluding hydrogens is 260 g/mol. The number of carbonyl (C=O) groups is 1. The van der Waals surface area contributed by atoms with Gasteiger partial charge in [0.2, 0.25) is 0 Å². The number of rotatable bonds is 3. The number of nitrogens with one attached hydrogen (secondary N) is 1. The Hall–Kier alpha value is -1.89. The fraction of sp³-hybridized carbons (Fsp3) is 0.615. The van der Waals surface area contributed by atoms with Crippen LogP contribution in [0.15, 0.2) is 12.3 Å². The van der Waals surface area contributed by atoms with Crippen LogP contribution in [0.4, 0.5) is 5.69 Å². The number of piperazine rings is 1. The highest BCUT2D eigenvalue weighted by Crippen LogP contribution is 2.19. The topological polar surface area (TPSA) is 80.4 Å². The molecule has 1 N–H and O–H groups in total. The molecule has 2 unspecified atom stereocenters. The number of nitrogens with zero attached hydrogens (tertiary/aromatic N) is 3. The van der Waals surface area contributed by atoms with Gasteiger partial charge in [-0.1, -0.05) is 0 Å². The summed E-state index contributed by atoms with van der Waals surface area (Å²) in [6.07, 6.45) is 1.42. The van der Waals surface area contributed by atoms with Crippen LogP contribution in [0.5, 0.6) is 0 Å². The summed E-state index contributed by atoms with van der Waals surface area (Å²) in [6, 6.07) is 1.81. The van der Waals surface area contributed by atoms with E-state index < -0.39 is 4.92 Å². The summed E-state index contributed by atoms with van der Waals surface area (Å²) in [5.41, 5.74) is 0.354. The maximum absolute atomic E-state index is 12.6. The van der Waals surface area contributed by atoms with Crippen molar-refractivity contribution in [2.45, 2.75) is 39.4 Å². The first-order chi connectivity index (χ1) is 9.42. The second kappa shape index (κ2) is 5.62. The van der Waals surface area contributed by atoms with E-state index in [0.717, 1.165) is 0 Å². The predicted molar refractivity (Wildman–Crippen MR) is 74.7 cm³/mol. The van der Waals surface area contributed by atoms with E-state index in [0.29, 0.717) is 25.3 Å². The molecule has 0 aromatic carbocycles. The second-order valence-corrected chi connectivity index (χ2v) is 5.31. The molecule has 2 atom stereocenters. The van der Waals surface area contributed by atoms with E-state index in [1.54, 1.807) is 9.47 Å². The summed E-state index contributed by atoms with van der Waals surface area (Å²) < 4.78 is 1.64. The number of hydrogen-bond donors (Lipinski definition) is 1. The first-order valence-corrected chi connectivity index (χ1v) is 6.82. The molecule has 110 valence electrons. The lowest BCUT2D eigenvalue weighted by Gasteiger charge is -2.36. The highest BCUT2D eigenvalue weighted by molar-refractivity contribution is 5.93. The maximum Gasteiger partial charge on any atom is 0.287 e. The number of aryl methyl sites for hydroxylation is 1. The molecule has 7 nitrogen and oxygen atoms in total. The Morgan fingerprint density at radius 3 is 2.55 bits per heavy atom. The van der Waals surface area contributed by atoms with E-state index in [-0.39, 0.29) is 23.7 Å². The lowest BCUT2D eigenvalue weighted by molar-refractivity contribution is -0.384. The summed E-state index contributed by atoms with van der Waals surface area (Å²) in [4.78, 5) is 24.7. The molecule has 1 amide bonds. The van der Waals surface area contributed by atoms with Crippen LogP contribution in [-0.2, 0) is 6.54 Å². The molecule has 1 aromatic heterocycles. The van der Waals surface area contributed by atoms with Crippen molar-refractivity contribution >= 4 is 11.6 Å². The minimum absolute atomic E-state index is 0.0357. The van der Waals surface area contributed by atoms with Crippen LogP contribution in [0.3, 0.4) is 0 Å². The van der Waals surface area contributed by atoms with Gasteiger partial charge in [0.1, 0.15) is 5.69 Å². The highest BCUT2D eigenvalue weighted by Gasteiger charge is 2.28. The Morgan fingerprint density at radius 1 is 1.45 bits per heavy atom. The van der Waals surface area contributed by atoms with Crippen molar-refractivity contribution in [3.8, 4) is 0 Å². The van der Waals surface area contributed by atoms with Crippen LogP contribution in [-0.4, -0.2) is 45.5 Å². The molecule has 1 aliphatic rings. The van der Waals surface area contributed by atoms with Crippen molar-refractivity contribution in [1.29, 1.82) is 0 Å². The molecule has 1 aliphatic heterocycles. The zero-order chi connectivity index (χ0) is 14.9. The van der Waals surface area contributed by atoms with Crippen molar-refractivity contribution in [2.75, 3.05) is 13.1 Å². The van der Waals surface area contributed by atoms with Crippen LogP contribution in [0.1, 0.15) is 31.3 Å². The average molecular weight is 280 g/mol. The van der Waals surface area contributed by atoms with Crippen LogP contribution in [0, 0.1) is 10.1 Å². The van der Waals surface area contributed by atoms with E-state index in [1.165, 1.54) is 12.3 Å². The molecule has 0 aliphatic carbocycles. The molecule has 20 heavy (non-hydrogen) atoms. The van der Waals surface area contributed by atoms with Crippen molar-refractivity contribution in [3.05, 3.63) is 28.1 Å². The number of amides is 1. The quantitative estimate of drug-likeness (QED) is 0.667. The fourth-order valence-corrected chi connectivity index (χ4v) is 2.69. The van der Waals surface area contributed by atoms with Gasteiger partial charge in [-0.3, -0.25) is 14.9 Å². The molecule has 1 saturated heterocycles. The van der Waals surface area contributed by atoms with E-state index in [4.69, 9.17) is 0 Å². The Bertz CT molecular complexity index is 516. The van der Waals surface area contributed by atoms with Crippen molar-refractivity contribution in [3.63, 3.8) is 0 Å². The molecule has 2 heterocycles. The Labute approximate surface area is 117 Å². The summed E-state index contributed by atoms with van der Waals surface area (Å²) in [5, 5.41) is 14.2. The van der Waals surface area contributed by atoms with Crippen molar-refractivity contribution < 1.29 is 9.72 Å². The first-order valence-electron chi connectivity index (χ1n) is 6.82. The van der Waals surface area contributed by atoms with Crippen LogP contribution < -0.4 is 5.32 Å². The number of hydrogen-bond acceptors (Lipinski definition) is 4. The van der Waals surface area contributed by atoms with E-state index >= 15 is 0 Å². The minimum Gasteiger partial charge on any atom is -0.337 e. The highest BCUT2D eigenvalue weighted by atomic mass is 16.6. The zero-order valence-electron chi connectivity index (χ0n) is 12.0. The van der Waals surface area contributed by atoms with Gasteiger partial charge in [0.25, 0.3) is 11.6 Å². The number of nitro groups is 1. The fourth-order valence-electron chi connectivity index (χ4n) is 2.69. The van der Waals surface area contributed by atoms with Gasteiger partial charge < -0.3 is 14.8 Å². The van der Waals surface area contributed by atoms with Gasteiger partial charge >= 0.3 is 0 Å². The Kier molecular flexibility index (Phi) is 4.08. The van der Waals surface area contributed by atoms with Crippen molar-refractivity contribution in [1.82, 2.24) is 14.8 Å². The number of aromatic nitrogens is 1. The molecule has 7 heteroatoms. The van der Waals surface area contributed by atoms with Gasteiger partial charge in [-0.2, -0.15) is 0 Å². The van der Waals surface area contributed by atoms with E-state index in [2.05, 4.69) is 5.32 Å². The van der Waals surface area contributed by atoms with E-state index in [9.17, 15) is 14.9 Å². The molecule has 0 radical (unpaired) electrons. The van der Waals surface area contributed by atoms with Gasteiger partial charge in [0.05, 0.1) is 11.1 Å². The molecule has 0 saturated carbocycles. The lowest BCUT2D eigenvalue weighted by atomic mass is 10.1. The summed E-state index contributed by atoms with van der Waals surface area (Å²) in [6.45, 7) is 7.68. The minimum atomic E-state index is -0.466. The first kappa shape index (κ1) is 14.5. The molecule has 0 bridgehead atoms. The SMILES string of the molecule is CCn1cc([N+](=O)[O-])cc1C(=O)N1CC(C)NC(C)C1. The van der Waals surface area contributed by atoms with Gasteiger partial charge in [-0.15, -0.1) is 0 Å². The maximum atomic E-state index is 12.6. The summed E-state index contributed by atoms with van der Waals surface area (Å²) >= 11 is 0. The van der Waals surface area contributed by atoms with Gasteiger partial charge in [-0.25, -0.2) is 0 Å². The summed E-state index contributed by atoms with van der Waals surface area (Å²) in [5.74, 6) is -0.139.